The molecule has 0 atom stereocenters. The molecule has 0 aliphatic rings. The molecule has 2 aromatic heterocycles. The van der Waals surface area contributed by atoms with E-state index in [-0.39, 0.29) is 11.7 Å². The Hall–Kier alpha value is -4.13. The van der Waals surface area contributed by atoms with Crippen molar-refractivity contribution in [3.8, 4) is 11.1 Å². The first kappa shape index (κ1) is 20.2. The van der Waals surface area contributed by atoms with E-state index in [1.165, 1.54) is 24.6 Å². The number of anilines is 1. The van der Waals surface area contributed by atoms with Crippen molar-refractivity contribution in [2.75, 3.05) is 5.32 Å². The van der Waals surface area contributed by atoms with E-state index < -0.39 is 0 Å². The lowest BCUT2D eigenvalue weighted by molar-refractivity contribution is -0.111. The molecular formula is C24H19FN4O2. The Labute approximate surface area is 178 Å². The van der Waals surface area contributed by atoms with Gasteiger partial charge in [0.2, 0.25) is 18.2 Å². The van der Waals surface area contributed by atoms with Gasteiger partial charge in [-0.25, -0.2) is 4.39 Å². The highest BCUT2D eigenvalue weighted by atomic mass is 19.1. The van der Waals surface area contributed by atoms with E-state index in [1.807, 2.05) is 30.3 Å². The fraction of sp³-hybridized carbons (Fsp3) is 0.0833. The van der Waals surface area contributed by atoms with E-state index in [4.69, 9.17) is 4.42 Å². The molecule has 0 saturated heterocycles. The Morgan fingerprint density at radius 3 is 2.58 bits per heavy atom. The van der Waals surface area contributed by atoms with E-state index in [0.717, 1.165) is 28.7 Å². The van der Waals surface area contributed by atoms with Crippen LogP contribution in [0, 0.1) is 5.82 Å². The number of carbonyl (C=O) groups excluding carboxylic acids is 1. The number of hydrogen-bond acceptors (Lipinski definition) is 5. The largest absolute Gasteiger partial charge is 0.428 e. The quantitative estimate of drug-likeness (QED) is 0.443. The van der Waals surface area contributed by atoms with E-state index in [0.29, 0.717) is 18.0 Å². The molecule has 2 heterocycles. The van der Waals surface area contributed by atoms with Crippen LogP contribution in [-0.2, 0) is 17.6 Å². The maximum Gasteiger partial charge on any atom is 0.248 e. The number of hydrogen-bond donors (Lipinski definition) is 1. The molecule has 4 aromatic rings. The van der Waals surface area contributed by atoms with Gasteiger partial charge in [-0.2, -0.15) is 0 Å². The van der Waals surface area contributed by atoms with Crippen molar-refractivity contribution < 1.29 is 13.6 Å². The predicted octanol–water partition coefficient (Wildman–Crippen LogP) is 4.71. The minimum Gasteiger partial charge on any atom is -0.428 e. The third-order valence-electron chi connectivity index (χ3n) is 4.68. The topological polar surface area (TPSA) is 80.9 Å². The average molecular weight is 414 g/mol. The molecule has 0 aliphatic heterocycles. The van der Waals surface area contributed by atoms with Crippen molar-refractivity contribution in [2.24, 2.45) is 0 Å². The molecule has 0 fully saturated rings. The number of nitrogens with one attached hydrogen (secondary N) is 1. The summed E-state index contributed by atoms with van der Waals surface area (Å²) in [5.41, 5.74) is 4.28. The van der Waals surface area contributed by atoms with Crippen molar-refractivity contribution in [1.82, 2.24) is 15.2 Å². The van der Waals surface area contributed by atoms with Gasteiger partial charge < -0.3 is 9.73 Å². The molecule has 6 nitrogen and oxygen atoms in total. The molecule has 1 amide bonds. The van der Waals surface area contributed by atoms with Crippen LogP contribution < -0.4 is 5.32 Å². The molecule has 0 aliphatic carbocycles. The van der Waals surface area contributed by atoms with Crippen LogP contribution in [0.15, 0.2) is 83.9 Å². The second-order valence-corrected chi connectivity index (χ2v) is 6.82. The number of aromatic nitrogens is 3. The van der Waals surface area contributed by atoms with E-state index >= 15 is 0 Å². The zero-order chi connectivity index (χ0) is 21.5. The first-order valence-corrected chi connectivity index (χ1v) is 9.70. The number of rotatable bonds is 7. The van der Waals surface area contributed by atoms with Crippen LogP contribution in [-0.4, -0.2) is 21.1 Å². The minimum atomic E-state index is -0.296. The molecule has 0 unspecified atom stereocenters. The van der Waals surface area contributed by atoms with E-state index in [1.54, 1.807) is 30.6 Å². The number of benzene rings is 2. The number of aryl methyl sites for hydroxylation is 2. The molecule has 0 radical (unpaired) electrons. The van der Waals surface area contributed by atoms with Crippen LogP contribution in [0.3, 0.4) is 0 Å². The second kappa shape index (κ2) is 9.58. The monoisotopic (exact) mass is 414 g/mol. The summed E-state index contributed by atoms with van der Waals surface area (Å²) in [6.45, 7) is 0. The Morgan fingerprint density at radius 1 is 1.03 bits per heavy atom. The van der Waals surface area contributed by atoms with Gasteiger partial charge in [-0.3, -0.25) is 9.78 Å². The number of pyridine rings is 1. The SMILES string of the molecule is O=C(/C=C/c1cnccc1-c1ccc(F)cc1)Nc1ccc(CCc2nnco2)cc1. The molecule has 4 rings (SSSR count). The molecule has 0 spiro atoms. The van der Waals surface area contributed by atoms with Crippen molar-refractivity contribution >= 4 is 17.7 Å². The van der Waals surface area contributed by atoms with Crippen LogP contribution in [0.4, 0.5) is 10.1 Å². The highest BCUT2D eigenvalue weighted by Crippen LogP contribution is 2.24. The zero-order valence-electron chi connectivity index (χ0n) is 16.5. The lowest BCUT2D eigenvalue weighted by Crippen LogP contribution is -2.07. The van der Waals surface area contributed by atoms with Crippen molar-refractivity contribution in [3.63, 3.8) is 0 Å². The van der Waals surface area contributed by atoms with Crippen molar-refractivity contribution in [3.05, 3.63) is 102 Å². The minimum absolute atomic E-state index is 0.257. The highest BCUT2D eigenvalue weighted by Gasteiger charge is 2.05. The van der Waals surface area contributed by atoms with Crippen LogP contribution in [0.2, 0.25) is 0 Å². The lowest BCUT2D eigenvalue weighted by Gasteiger charge is -2.06. The predicted molar refractivity (Wildman–Crippen MR) is 115 cm³/mol. The zero-order valence-corrected chi connectivity index (χ0v) is 16.5. The first-order valence-electron chi connectivity index (χ1n) is 9.70. The van der Waals surface area contributed by atoms with Gasteiger partial charge in [-0.15, -0.1) is 10.2 Å². The van der Waals surface area contributed by atoms with Gasteiger partial charge in [0.05, 0.1) is 0 Å². The van der Waals surface area contributed by atoms with Gasteiger partial charge in [-0.05, 0) is 59.5 Å². The maximum atomic E-state index is 13.2. The maximum absolute atomic E-state index is 13.2. The molecule has 2 aromatic carbocycles. The molecule has 31 heavy (non-hydrogen) atoms. The summed E-state index contributed by atoms with van der Waals surface area (Å²) in [6.07, 6.45) is 9.22. The number of amides is 1. The standard InChI is InChI=1S/C24H19FN4O2/c25-20-7-4-18(5-8-20)22-13-14-26-15-19(22)6-11-23(30)28-21-9-1-17(2-10-21)3-12-24-29-27-16-31-24/h1-2,4-11,13-16H,3,12H2,(H,28,30)/b11-6+. The summed E-state index contributed by atoms with van der Waals surface area (Å²) in [5.74, 6) is 0.0420. The van der Waals surface area contributed by atoms with Gasteiger partial charge in [-0.1, -0.05) is 24.3 Å². The molecule has 0 bridgehead atoms. The number of halogens is 1. The Kier molecular flexibility index (Phi) is 6.23. The molecule has 154 valence electrons. The van der Waals surface area contributed by atoms with Gasteiger partial charge in [0.1, 0.15) is 5.82 Å². The summed E-state index contributed by atoms with van der Waals surface area (Å²) in [7, 11) is 0. The highest BCUT2D eigenvalue weighted by molar-refractivity contribution is 6.02. The third-order valence-corrected chi connectivity index (χ3v) is 4.68. The summed E-state index contributed by atoms with van der Waals surface area (Å²) in [4.78, 5) is 16.5. The Balaban J connectivity index is 1.38. The molecule has 7 heteroatoms. The molecular weight excluding hydrogens is 395 g/mol. The van der Waals surface area contributed by atoms with E-state index in [2.05, 4.69) is 20.5 Å². The molecule has 0 saturated carbocycles. The van der Waals surface area contributed by atoms with Crippen LogP contribution in [0.25, 0.3) is 17.2 Å². The number of nitrogens with zero attached hydrogens (tertiary/aromatic N) is 3. The smallest absolute Gasteiger partial charge is 0.248 e. The Bertz CT molecular complexity index is 1170. The third kappa shape index (κ3) is 5.48. The summed E-state index contributed by atoms with van der Waals surface area (Å²) >= 11 is 0. The molecule has 1 N–H and O–H groups in total. The van der Waals surface area contributed by atoms with Crippen LogP contribution in [0.1, 0.15) is 17.0 Å². The number of carbonyl (C=O) groups is 1. The van der Waals surface area contributed by atoms with Gasteiger partial charge in [0, 0.05) is 36.1 Å². The van der Waals surface area contributed by atoms with E-state index in [9.17, 15) is 9.18 Å². The van der Waals surface area contributed by atoms with Crippen LogP contribution >= 0.6 is 0 Å². The summed E-state index contributed by atoms with van der Waals surface area (Å²) in [6, 6.07) is 15.6. The fourth-order valence-electron chi connectivity index (χ4n) is 3.09. The first-order chi connectivity index (χ1) is 15.2. The summed E-state index contributed by atoms with van der Waals surface area (Å²) in [5, 5.41) is 10.4. The fourth-order valence-corrected chi connectivity index (χ4v) is 3.09. The van der Waals surface area contributed by atoms with Crippen molar-refractivity contribution in [2.45, 2.75) is 12.8 Å². The summed E-state index contributed by atoms with van der Waals surface area (Å²) < 4.78 is 18.3. The van der Waals surface area contributed by atoms with Gasteiger partial charge in [0.15, 0.2) is 0 Å². The average Bonchev–Trinajstić information content (AvgIpc) is 3.32. The Morgan fingerprint density at radius 2 is 1.84 bits per heavy atom. The second-order valence-electron chi connectivity index (χ2n) is 6.82. The lowest BCUT2D eigenvalue weighted by atomic mass is 10.0. The van der Waals surface area contributed by atoms with Crippen molar-refractivity contribution in [1.29, 1.82) is 0 Å². The van der Waals surface area contributed by atoms with Crippen LogP contribution in [0.5, 0.6) is 0 Å². The van der Waals surface area contributed by atoms with Gasteiger partial charge in [0.25, 0.3) is 0 Å². The van der Waals surface area contributed by atoms with Gasteiger partial charge >= 0.3 is 0 Å². The normalized spacial score (nSPS) is 11.0.